The van der Waals surface area contributed by atoms with Gasteiger partial charge in [0.1, 0.15) is 24.9 Å². The SMILES string of the molecule is CO.O=C(CO)C(O)C(O)C(O)CO. The zero-order chi connectivity index (χ0) is 11.7. The fraction of sp³-hybridized carbons (Fsp3) is 0.857. The quantitative estimate of drug-likeness (QED) is 0.275. The predicted octanol–water partition coefficient (Wildman–Crippen LogP) is -3.77. The van der Waals surface area contributed by atoms with Gasteiger partial charge in [0, 0.05) is 7.11 Å². The van der Waals surface area contributed by atoms with E-state index in [9.17, 15) is 4.79 Å². The molecule has 0 heterocycles. The number of aliphatic hydroxyl groups is 6. The summed E-state index contributed by atoms with van der Waals surface area (Å²) in [6.45, 7) is -1.69. The fourth-order valence-corrected chi connectivity index (χ4v) is 0.602. The van der Waals surface area contributed by atoms with Crippen LogP contribution in [0.2, 0.25) is 0 Å². The summed E-state index contributed by atoms with van der Waals surface area (Å²) in [6, 6.07) is 0. The monoisotopic (exact) mass is 212 g/mol. The second-order valence-electron chi connectivity index (χ2n) is 2.31. The fourth-order valence-electron chi connectivity index (χ4n) is 0.602. The minimum absolute atomic E-state index is 0.767. The highest BCUT2D eigenvalue weighted by atomic mass is 16.4. The zero-order valence-electron chi connectivity index (χ0n) is 7.74. The summed E-state index contributed by atoms with van der Waals surface area (Å²) in [7, 11) is 1.00. The highest BCUT2D eigenvalue weighted by molar-refractivity contribution is 5.84. The van der Waals surface area contributed by atoms with Crippen molar-refractivity contribution < 1.29 is 35.4 Å². The summed E-state index contributed by atoms with van der Waals surface area (Å²) in [6.07, 6.45) is -5.22. The largest absolute Gasteiger partial charge is 0.400 e. The van der Waals surface area contributed by atoms with Crippen molar-refractivity contribution in [2.24, 2.45) is 0 Å². The van der Waals surface area contributed by atoms with Crippen molar-refractivity contribution in [1.29, 1.82) is 0 Å². The van der Waals surface area contributed by atoms with Crippen LogP contribution in [0, 0.1) is 0 Å². The number of carbonyl (C=O) groups is 1. The predicted molar refractivity (Wildman–Crippen MR) is 45.3 cm³/mol. The Morgan fingerprint density at radius 3 is 1.86 bits per heavy atom. The van der Waals surface area contributed by atoms with Crippen LogP contribution in [-0.2, 0) is 4.79 Å². The molecule has 86 valence electrons. The van der Waals surface area contributed by atoms with Gasteiger partial charge in [-0.2, -0.15) is 0 Å². The van der Waals surface area contributed by atoms with E-state index in [1.165, 1.54) is 0 Å². The third-order valence-electron chi connectivity index (χ3n) is 1.39. The Morgan fingerprint density at radius 2 is 1.57 bits per heavy atom. The van der Waals surface area contributed by atoms with Crippen LogP contribution < -0.4 is 0 Å². The summed E-state index contributed by atoms with van der Waals surface area (Å²) >= 11 is 0. The maximum atomic E-state index is 10.5. The van der Waals surface area contributed by atoms with Gasteiger partial charge in [0.05, 0.1) is 6.61 Å². The third-order valence-corrected chi connectivity index (χ3v) is 1.39. The van der Waals surface area contributed by atoms with E-state index in [0.29, 0.717) is 0 Å². The first-order chi connectivity index (χ1) is 6.54. The van der Waals surface area contributed by atoms with E-state index in [2.05, 4.69) is 0 Å². The van der Waals surface area contributed by atoms with Gasteiger partial charge < -0.3 is 30.6 Å². The van der Waals surface area contributed by atoms with E-state index in [0.717, 1.165) is 7.11 Å². The van der Waals surface area contributed by atoms with Crippen molar-refractivity contribution in [2.75, 3.05) is 20.3 Å². The molecule has 6 N–H and O–H groups in total. The summed E-state index contributed by atoms with van der Waals surface area (Å²) in [4.78, 5) is 10.5. The van der Waals surface area contributed by atoms with Crippen LogP contribution in [0.5, 0.6) is 0 Å². The Morgan fingerprint density at radius 1 is 1.14 bits per heavy atom. The lowest BCUT2D eigenvalue weighted by molar-refractivity contribution is -0.142. The van der Waals surface area contributed by atoms with Gasteiger partial charge in [-0.25, -0.2) is 0 Å². The van der Waals surface area contributed by atoms with Crippen molar-refractivity contribution in [3.05, 3.63) is 0 Å². The highest BCUT2D eigenvalue weighted by Gasteiger charge is 2.28. The van der Waals surface area contributed by atoms with E-state index in [1.807, 2.05) is 0 Å². The summed E-state index contributed by atoms with van der Waals surface area (Å²) in [5.74, 6) is -1.00. The first kappa shape index (κ1) is 15.9. The molecule has 0 rings (SSSR count). The Hall–Kier alpha value is -0.570. The second kappa shape index (κ2) is 9.00. The summed E-state index contributed by atoms with van der Waals surface area (Å²) in [5, 5.41) is 50.1. The highest BCUT2D eigenvalue weighted by Crippen LogP contribution is 2.00. The van der Waals surface area contributed by atoms with Crippen LogP contribution in [-0.4, -0.2) is 75.1 Å². The van der Waals surface area contributed by atoms with Gasteiger partial charge in [0.2, 0.25) is 0 Å². The molecule has 0 aliphatic carbocycles. The first-order valence-corrected chi connectivity index (χ1v) is 3.78. The smallest absolute Gasteiger partial charge is 0.189 e. The molecule has 0 radical (unpaired) electrons. The van der Waals surface area contributed by atoms with Crippen LogP contribution >= 0.6 is 0 Å². The lowest BCUT2D eigenvalue weighted by Crippen LogP contribution is -2.44. The van der Waals surface area contributed by atoms with Gasteiger partial charge in [-0.05, 0) is 0 Å². The lowest BCUT2D eigenvalue weighted by Gasteiger charge is -2.19. The molecule has 0 aromatic rings. The molecule has 0 saturated heterocycles. The van der Waals surface area contributed by atoms with Gasteiger partial charge in [0.15, 0.2) is 5.78 Å². The summed E-state index contributed by atoms with van der Waals surface area (Å²) in [5.41, 5.74) is 0. The van der Waals surface area contributed by atoms with E-state index < -0.39 is 37.3 Å². The normalized spacial score (nSPS) is 16.2. The minimum Gasteiger partial charge on any atom is -0.400 e. The van der Waals surface area contributed by atoms with Crippen molar-refractivity contribution in [3.8, 4) is 0 Å². The number of ketones is 1. The zero-order valence-corrected chi connectivity index (χ0v) is 7.74. The molecule has 0 saturated carbocycles. The Kier molecular flexibility index (Phi) is 10.2. The molecule has 0 fully saturated rings. The Bertz CT molecular complexity index is 149. The number of Topliss-reactive ketones (excluding diaryl/α,β-unsaturated/α-hetero) is 1. The van der Waals surface area contributed by atoms with Crippen LogP contribution in [0.25, 0.3) is 0 Å². The number of hydrogen-bond donors (Lipinski definition) is 6. The Balaban J connectivity index is 0. The third kappa shape index (κ3) is 5.22. The number of rotatable bonds is 5. The van der Waals surface area contributed by atoms with E-state index >= 15 is 0 Å². The maximum Gasteiger partial charge on any atom is 0.189 e. The van der Waals surface area contributed by atoms with Crippen molar-refractivity contribution in [3.63, 3.8) is 0 Å². The van der Waals surface area contributed by atoms with E-state index in [1.54, 1.807) is 0 Å². The maximum absolute atomic E-state index is 10.5. The molecule has 3 atom stereocenters. The van der Waals surface area contributed by atoms with Crippen molar-refractivity contribution in [1.82, 2.24) is 0 Å². The Labute approximate surface area is 80.9 Å². The molecule has 7 nitrogen and oxygen atoms in total. The average molecular weight is 212 g/mol. The van der Waals surface area contributed by atoms with Crippen LogP contribution in [0.15, 0.2) is 0 Å². The molecule has 0 amide bonds. The molecular weight excluding hydrogens is 196 g/mol. The molecule has 0 aromatic carbocycles. The van der Waals surface area contributed by atoms with Crippen LogP contribution in [0.3, 0.4) is 0 Å². The standard InChI is InChI=1S/C6H12O6.CH4O/c7-1-3(9)5(11)6(12)4(10)2-8;1-2/h3,5-9,11-12H,1-2H2;2H,1H3. The van der Waals surface area contributed by atoms with E-state index in [-0.39, 0.29) is 0 Å². The molecule has 0 aromatic heterocycles. The van der Waals surface area contributed by atoms with Gasteiger partial charge in [-0.1, -0.05) is 0 Å². The molecule has 3 unspecified atom stereocenters. The van der Waals surface area contributed by atoms with Gasteiger partial charge in [-0.3, -0.25) is 4.79 Å². The van der Waals surface area contributed by atoms with Crippen molar-refractivity contribution in [2.45, 2.75) is 18.3 Å². The van der Waals surface area contributed by atoms with Crippen molar-refractivity contribution >= 4 is 5.78 Å². The number of aliphatic hydroxyl groups excluding tert-OH is 6. The van der Waals surface area contributed by atoms with Gasteiger partial charge >= 0.3 is 0 Å². The summed E-state index contributed by atoms with van der Waals surface area (Å²) < 4.78 is 0. The minimum atomic E-state index is -1.86. The molecule has 14 heavy (non-hydrogen) atoms. The van der Waals surface area contributed by atoms with E-state index in [4.69, 9.17) is 30.6 Å². The molecule has 0 spiro atoms. The van der Waals surface area contributed by atoms with Gasteiger partial charge in [-0.15, -0.1) is 0 Å². The molecule has 0 aliphatic rings. The molecule has 0 aliphatic heterocycles. The number of hydrogen-bond acceptors (Lipinski definition) is 7. The topological polar surface area (TPSA) is 138 Å². The molecule has 7 heteroatoms. The first-order valence-electron chi connectivity index (χ1n) is 3.78. The molecule has 0 bridgehead atoms. The van der Waals surface area contributed by atoms with Gasteiger partial charge in [0.25, 0.3) is 0 Å². The van der Waals surface area contributed by atoms with Crippen LogP contribution in [0.4, 0.5) is 0 Å². The van der Waals surface area contributed by atoms with Crippen LogP contribution in [0.1, 0.15) is 0 Å². The lowest BCUT2D eigenvalue weighted by atomic mass is 10.1. The molecular formula is C7H16O7. The second-order valence-corrected chi connectivity index (χ2v) is 2.31. The number of carbonyl (C=O) groups excluding carboxylic acids is 1. The average Bonchev–Trinajstić information content (AvgIpc) is 2.27.